The fraction of sp³-hybridized carbons (Fsp3) is 0.167. The highest BCUT2D eigenvalue weighted by Crippen LogP contribution is 2.33. The van der Waals surface area contributed by atoms with Crippen LogP contribution in [0.15, 0.2) is 28.8 Å². The van der Waals surface area contributed by atoms with Gasteiger partial charge in [0.1, 0.15) is 17.0 Å². The molecule has 0 bridgehead atoms. The molecule has 0 saturated heterocycles. The Morgan fingerprint density at radius 1 is 1.39 bits per heavy atom. The molecule has 3 rings (SSSR count). The van der Waals surface area contributed by atoms with Crippen molar-refractivity contribution in [3.8, 4) is 5.75 Å². The number of benzene rings is 1. The maximum Gasteiger partial charge on any atom is 0.189 e. The number of aryl methyl sites for hydroxylation is 1. The number of ether oxygens (including phenoxy) is 1. The van der Waals surface area contributed by atoms with Crippen LogP contribution in [0.4, 0.5) is 10.9 Å². The number of para-hydroxylation sites is 1. The summed E-state index contributed by atoms with van der Waals surface area (Å²) in [5.41, 5.74) is 0.854. The first-order valence-electron chi connectivity index (χ1n) is 5.40. The Morgan fingerprint density at radius 3 is 3.00 bits per heavy atom. The molecule has 5 nitrogen and oxygen atoms in total. The molecule has 3 aromatic rings. The second-order valence-electron chi connectivity index (χ2n) is 3.77. The van der Waals surface area contributed by atoms with E-state index < -0.39 is 0 Å². The molecular weight excluding hydrogens is 250 g/mol. The first kappa shape index (κ1) is 11.0. The first-order chi connectivity index (χ1) is 8.76. The van der Waals surface area contributed by atoms with Crippen LogP contribution >= 0.6 is 11.3 Å². The van der Waals surface area contributed by atoms with Crippen LogP contribution in [0, 0.1) is 6.92 Å². The van der Waals surface area contributed by atoms with Crippen LogP contribution in [0.1, 0.15) is 5.76 Å². The lowest BCUT2D eigenvalue weighted by Crippen LogP contribution is -1.89. The predicted octanol–water partition coefficient (Wildman–Crippen LogP) is 3.34. The lowest BCUT2D eigenvalue weighted by Gasteiger charge is -1.98. The van der Waals surface area contributed by atoms with Crippen molar-refractivity contribution >= 4 is 32.5 Å². The lowest BCUT2D eigenvalue weighted by atomic mass is 10.3. The zero-order valence-corrected chi connectivity index (χ0v) is 10.7. The van der Waals surface area contributed by atoms with Gasteiger partial charge in [-0.25, -0.2) is 4.98 Å². The van der Waals surface area contributed by atoms with Crippen LogP contribution in [0.3, 0.4) is 0 Å². The van der Waals surface area contributed by atoms with Crippen LogP contribution in [-0.2, 0) is 0 Å². The number of hydrogen-bond acceptors (Lipinski definition) is 6. The molecule has 0 aliphatic carbocycles. The quantitative estimate of drug-likeness (QED) is 0.783. The van der Waals surface area contributed by atoms with Crippen molar-refractivity contribution in [3.63, 3.8) is 0 Å². The third-order valence-electron chi connectivity index (χ3n) is 2.46. The summed E-state index contributed by atoms with van der Waals surface area (Å²) in [5, 5.41) is 7.75. The molecule has 0 atom stereocenters. The maximum absolute atomic E-state index is 5.28. The molecule has 1 N–H and O–H groups in total. The normalized spacial score (nSPS) is 10.8. The number of anilines is 2. The Morgan fingerprint density at radius 2 is 2.28 bits per heavy atom. The van der Waals surface area contributed by atoms with Crippen molar-refractivity contribution in [1.82, 2.24) is 10.1 Å². The molecule has 92 valence electrons. The van der Waals surface area contributed by atoms with Gasteiger partial charge in [0.15, 0.2) is 10.9 Å². The molecule has 0 fully saturated rings. The van der Waals surface area contributed by atoms with E-state index in [-0.39, 0.29) is 0 Å². The molecule has 18 heavy (non-hydrogen) atoms. The average molecular weight is 261 g/mol. The molecule has 2 aromatic heterocycles. The predicted molar refractivity (Wildman–Crippen MR) is 70.7 cm³/mol. The lowest BCUT2D eigenvalue weighted by molar-refractivity contribution is 0.400. The van der Waals surface area contributed by atoms with Crippen LogP contribution in [-0.4, -0.2) is 17.3 Å². The minimum Gasteiger partial charge on any atom is -0.494 e. The van der Waals surface area contributed by atoms with Gasteiger partial charge in [0, 0.05) is 6.07 Å². The molecular formula is C12H11N3O2S. The van der Waals surface area contributed by atoms with Crippen LogP contribution < -0.4 is 10.1 Å². The minimum absolute atomic E-state index is 0.658. The minimum atomic E-state index is 0.658. The van der Waals surface area contributed by atoms with Crippen LogP contribution in [0.25, 0.3) is 10.2 Å². The van der Waals surface area contributed by atoms with Crippen molar-refractivity contribution in [2.24, 2.45) is 0 Å². The van der Waals surface area contributed by atoms with E-state index in [2.05, 4.69) is 15.5 Å². The largest absolute Gasteiger partial charge is 0.494 e. The number of aromatic nitrogens is 2. The zero-order valence-electron chi connectivity index (χ0n) is 9.93. The second-order valence-corrected chi connectivity index (χ2v) is 4.80. The SMILES string of the molecule is COc1cccc2sc(Nc3cc(C)on3)nc12. The molecule has 0 radical (unpaired) electrons. The van der Waals surface area contributed by atoms with Gasteiger partial charge in [0.25, 0.3) is 0 Å². The van der Waals surface area contributed by atoms with E-state index in [1.54, 1.807) is 18.4 Å². The van der Waals surface area contributed by atoms with Gasteiger partial charge < -0.3 is 14.6 Å². The number of rotatable bonds is 3. The first-order valence-corrected chi connectivity index (χ1v) is 6.22. The number of methoxy groups -OCH3 is 1. The van der Waals surface area contributed by atoms with Crippen molar-refractivity contribution in [1.29, 1.82) is 0 Å². The Kier molecular flexibility index (Phi) is 2.64. The van der Waals surface area contributed by atoms with Gasteiger partial charge in [-0.2, -0.15) is 0 Å². The summed E-state index contributed by atoms with van der Waals surface area (Å²) in [4.78, 5) is 4.49. The van der Waals surface area contributed by atoms with E-state index in [4.69, 9.17) is 9.26 Å². The van der Waals surface area contributed by atoms with Crippen molar-refractivity contribution in [2.45, 2.75) is 6.92 Å². The van der Waals surface area contributed by atoms with E-state index in [9.17, 15) is 0 Å². The summed E-state index contributed by atoms with van der Waals surface area (Å²) in [6.07, 6.45) is 0. The molecule has 0 amide bonds. The zero-order chi connectivity index (χ0) is 12.5. The fourth-order valence-electron chi connectivity index (χ4n) is 1.68. The Balaban J connectivity index is 1.98. The molecule has 2 heterocycles. The van der Waals surface area contributed by atoms with E-state index in [0.717, 1.165) is 26.9 Å². The highest BCUT2D eigenvalue weighted by Gasteiger charge is 2.09. The van der Waals surface area contributed by atoms with Crippen molar-refractivity contribution < 1.29 is 9.26 Å². The molecule has 1 aromatic carbocycles. The summed E-state index contributed by atoms with van der Waals surface area (Å²) < 4.78 is 11.3. The average Bonchev–Trinajstić information content (AvgIpc) is 2.94. The second kappa shape index (κ2) is 4.30. The van der Waals surface area contributed by atoms with Gasteiger partial charge in [-0.15, -0.1) is 0 Å². The fourth-order valence-corrected chi connectivity index (χ4v) is 2.57. The summed E-state index contributed by atoms with van der Waals surface area (Å²) in [5.74, 6) is 2.19. The third-order valence-corrected chi connectivity index (χ3v) is 3.40. The summed E-state index contributed by atoms with van der Waals surface area (Å²) in [6.45, 7) is 1.85. The van der Waals surface area contributed by atoms with E-state index in [1.807, 2.05) is 31.2 Å². The van der Waals surface area contributed by atoms with Gasteiger partial charge in [0.05, 0.1) is 11.8 Å². The number of thiazole rings is 1. The van der Waals surface area contributed by atoms with Gasteiger partial charge in [-0.1, -0.05) is 22.6 Å². The summed E-state index contributed by atoms with van der Waals surface area (Å²) >= 11 is 1.55. The van der Waals surface area contributed by atoms with Gasteiger partial charge in [0.2, 0.25) is 0 Å². The number of fused-ring (bicyclic) bond motifs is 1. The van der Waals surface area contributed by atoms with Gasteiger partial charge >= 0.3 is 0 Å². The topological polar surface area (TPSA) is 60.2 Å². The van der Waals surface area contributed by atoms with Crippen molar-refractivity contribution in [2.75, 3.05) is 12.4 Å². The van der Waals surface area contributed by atoms with Crippen molar-refractivity contribution in [3.05, 3.63) is 30.0 Å². The number of nitrogens with one attached hydrogen (secondary N) is 1. The molecule has 6 heteroatoms. The standard InChI is InChI=1S/C12H11N3O2S/c1-7-6-10(15-17-7)13-12-14-11-8(16-2)4-3-5-9(11)18-12/h3-6H,1-2H3,(H,13,14,15). The smallest absolute Gasteiger partial charge is 0.189 e. The molecule has 0 aliphatic heterocycles. The van der Waals surface area contributed by atoms with Crippen LogP contribution in [0.2, 0.25) is 0 Å². The Bertz CT molecular complexity index is 690. The molecule has 0 unspecified atom stereocenters. The monoisotopic (exact) mass is 261 g/mol. The highest BCUT2D eigenvalue weighted by molar-refractivity contribution is 7.22. The summed E-state index contributed by atoms with van der Waals surface area (Å²) in [7, 11) is 1.64. The summed E-state index contributed by atoms with van der Waals surface area (Å²) in [6, 6.07) is 7.67. The Hall–Kier alpha value is -2.08. The Labute approximate surface area is 107 Å². The van der Waals surface area contributed by atoms with E-state index >= 15 is 0 Å². The van der Waals surface area contributed by atoms with E-state index in [0.29, 0.717) is 5.82 Å². The van der Waals surface area contributed by atoms with Gasteiger partial charge in [-0.05, 0) is 19.1 Å². The third kappa shape index (κ3) is 1.91. The maximum atomic E-state index is 5.28. The molecule has 0 aliphatic rings. The van der Waals surface area contributed by atoms with Crippen LogP contribution in [0.5, 0.6) is 5.75 Å². The van der Waals surface area contributed by atoms with E-state index in [1.165, 1.54) is 0 Å². The number of hydrogen-bond donors (Lipinski definition) is 1. The molecule has 0 saturated carbocycles. The number of nitrogens with zero attached hydrogens (tertiary/aromatic N) is 2. The highest BCUT2D eigenvalue weighted by atomic mass is 32.1. The van der Waals surface area contributed by atoms with Gasteiger partial charge in [-0.3, -0.25) is 0 Å². The molecule has 0 spiro atoms.